The van der Waals surface area contributed by atoms with Crippen LogP contribution in [0.1, 0.15) is 57.6 Å². The first-order valence-corrected chi connectivity index (χ1v) is 9.41. The van der Waals surface area contributed by atoms with E-state index in [0.717, 1.165) is 16.3 Å². The van der Waals surface area contributed by atoms with Crippen molar-refractivity contribution in [2.75, 3.05) is 7.11 Å². The molecule has 2 aromatic carbocycles. The largest absolute Gasteiger partial charge is 0.465 e. The van der Waals surface area contributed by atoms with Gasteiger partial charge in [-0.25, -0.2) is 4.79 Å². The number of carbonyl (C=O) groups is 3. The highest BCUT2D eigenvalue weighted by molar-refractivity contribution is 6.01. The standard InChI is InChI=1S/C23H24N2O4/c1-13-21(23(28)29-4)19(25-22(13)15(3)26)12-20(27)24-14(2)17-11-7-9-16-8-5-6-10-18(16)17/h5-11,14,25H,12H2,1-4H3,(H,24,27). The van der Waals surface area contributed by atoms with Crippen molar-refractivity contribution in [2.45, 2.75) is 33.2 Å². The van der Waals surface area contributed by atoms with E-state index in [0.29, 0.717) is 17.0 Å². The molecule has 3 aromatic rings. The van der Waals surface area contributed by atoms with Crippen LogP contribution in [0.3, 0.4) is 0 Å². The fraction of sp³-hybridized carbons (Fsp3) is 0.261. The molecule has 0 aliphatic rings. The average Bonchev–Trinajstić information content (AvgIpc) is 3.02. The molecule has 1 amide bonds. The maximum absolute atomic E-state index is 12.7. The van der Waals surface area contributed by atoms with Gasteiger partial charge in [-0.3, -0.25) is 9.59 Å². The zero-order chi connectivity index (χ0) is 21.1. The number of hydrogen-bond donors (Lipinski definition) is 2. The molecule has 29 heavy (non-hydrogen) atoms. The number of esters is 1. The van der Waals surface area contributed by atoms with Crippen molar-refractivity contribution in [3.63, 3.8) is 0 Å². The fourth-order valence-electron chi connectivity index (χ4n) is 3.68. The Kier molecular flexibility index (Phi) is 5.82. The molecule has 1 heterocycles. The fourth-order valence-corrected chi connectivity index (χ4v) is 3.68. The predicted molar refractivity (Wildman–Crippen MR) is 111 cm³/mol. The average molecular weight is 392 g/mol. The van der Waals surface area contributed by atoms with Gasteiger partial charge in [0.2, 0.25) is 5.91 Å². The number of aromatic amines is 1. The van der Waals surface area contributed by atoms with Gasteiger partial charge in [0.25, 0.3) is 0 Å². The smallest absolute Gasteiger partial charge is 0.339 e. The molecule has 0 saturated heterocycles. The summed E-state index contributed by atoms with van der Waals surface area (Å²) >= 11 is 0. The molecule has 6 nitrogen and oxygen atoms in total. The van der Waals surface area contributed by atoms with Crippen LogP contribution in [0.2, 0.25) is 0 Å². The Labute approximate surface area is 169 Å². The highest BCUT2D eigenvalue weighted by Crippen LogP contribution is 2.25. The molecule has 150 valence electrons. The number of H-pyrrole nitrogens is 1. The molecule has 0 aliphatic carbocycles. The van der Waals surface area contributed by atoms with Crippen molar-refractivity contribution < 1.29 is 19.1 Å². The van der Waals surface area contributed by atoms with E-state index in [1.54, 1.807) is 6.92 Å². The SMILES string of the molecule is COC(=O)c1c(CC(=O)NC(C)c2cccc3ccccc23)[nH]c(C(C)=O)c1C. The molecule has 0 radical (unpaired) electrons. The number of methoxy groups -OCH3 is 1. The number of rotatable bonds is 6. The molecular weight excluding hydrogens is 368 g/mol. The monoisotopic (exact) mass is 392 g/mol. The van der Waals surface area contributed by atoms with Crippen molar-refractivity contribution in [3.8, 4) is 0 Å². The number of benzene rings is 2. The number of hydrogen-bond acceptors (Lipinski definition) is 4. The Morgan fingerprint density at radius 1 is 1.10 bits per heavy atom. The normalized spacial score (nSPS) is 11.9. The molecule has 0 fully saturated rings. The number of ketones is 1. The van der Waals surface area contributed by atoms with Crippen LogP contribution in [0.5, 0.6) is 0 Å². The summed E-state index contributed by atoms with van der Waals surface area (Å²) in [5, 5.41) is 5.16. The van der Waals surface area contributed by atoms with Crippen molar-refractivity contribution in [3.05, 3.63) is 70.5 Å². The topological polar surface area (TPSA) is 88.3 Å². The zero-order valence-electron chi connectivity index (χ0n) is 17.0. The van der Waals surface area contributed by atoms with E-state index in [-0.39, 0.29) is 29.7 Å². The number of nitrogens with one attached hydrogen (secondary N) is 2. The van der Waals surface area contributed by atoms with Crippen molar-refractivity contribution in [1.29, 1.82) is 0 Å². The summed E-state index contributed by atoms with van der Waals surface area (Å²) in [4.78, 5) is 39.7. The molecule has 1 unspecified atom stereocenters. The third kappa shape index (κ3) is 4.06. The minimum absolute atomic E-state index is 0.0618. The lowest BCUT2D eigenvalue weighted by atomic mass is 9.99. The van der Waals surface area contributed by atoms with Gasteiger partial charge in [-0.2, -0.15) is 0 Å². The van der Waals surface area contributed by atoms with E-state index < -0.39 is 5.97 Å². The van der Waals surface area contributed by atoms with Crippen LogP contribution < -0.4 is 5.32 Å². The summed E-state index contributed by atoms with van der Waals surface area (Å²) in [6.07, 6.45) is -0.0618. The number of Topliss-reactive ketones (excluding diaryl/α,β-unsaturated/α-hetero) is 1. The van der Waals surface area contributed by atoms with E-state index in [2.05, 4.69) is 10.3 Å². The molecule has 0 bridgehead atoms. The van der Waals surface area contributed by atoms with E-state index in [4.69, 9.17) is 4.74 Å². The maximum atomic E-state index is 12.7. The second kappa shape index (κ2) is 8.31. The van der Waals surface area contributed by atoms with E-state index in [1.165, 1.54) is 14.0 Å². The highest BCUT2D eigenvalue weighted by atomic mass is 16.5. The third-order valence-electron chi connectivity index (χ3n) is 5.07. The number of amides is 1. The van der Waals surface area contributed by atoms with Crippen molar-refractivity contribution in [1.82, 2.24) is 10.3 Å². The first-order valence-electron chi connectivity index (χ1n) is 9.41. The lowest BCUT2D eigenvalue weighted by Crippen LogP contribution is -2.29. The molecule has 1 atom stereocenters. The quantitative estimate of drug-likeness (QED) is 0.492. The highest BCUT2D eigenvalue weighted by Gasteiger charge is 2.24. The van der Waals surface area contributed by atoms with Crippen LogP contribution in [0.25, 0.3) is 10.8 Å². The lowest BCUT2D eigenvalue weighted by Gasteiger charge is -2.17. The summed E-state index contributed by atoms with van der Waals surface area (Å²) < 4.78 is 4.83. The van der Waals surface area contributed by atoms with E-state index >= 15 is 0 Å². The number of carbonyl (C=O) groups excluding carboxylic acids is 3. The Morgan fingerprint density at radius 2 is 1.79 bits per heavy atom. The van der Waals surface area contributed by atoms with E-state index in [1.807, 2.05) is 49.4 Å². The first-order chi connectivity index (χ1) is 13.8. The van der Waals surface area contributed by atoms with Crippen LogP contribution >= 0.6 is 0 Å². The van der Waals surface area contributed by atoms with Gasteiger partial charge in [-0.15, -0.1) is 0 Å². The summed E-state index contributed by atoms with van der Waals surface area (Å²) in [5.41, 5.74) is 2.44. The van der Waals surface area contributed by atoms with Crippen molar-refractivity contribution >= 4 is 28.4 Å². The molecule has 0 spiro atoms. The van der Waals surface area contributed by atoms with Gasteiger partial charge >= 0.3 is 5.97 Å². The van der Waals surface area contributed by atoms with Gasteiger partial charge in [0.05, 0.1) is 30.8 Å². The zero-order valence-corrected chi connectivity index (χ0v) is 17.0. The van der Waals surface area contributed by atoms with E-state index in [9.17, 15) is 14.4 Å². The Morgan fingerprint density at radius 3 is 2.48 bits per heavy atom. The van der Waals surface area contributed by atoms with Gasteiger partial charge in [-0.1, -0.05) is 42.5 Å². The van der Waals surface area contributed by atoms with Gasteiger partial charge < -0.3 is 15.0 Å². The molecule has 6 heteroatoms. The summed E-state index contributed by atoms with van der Waals surface area (Å²) in [7, 11) is 1.27. The van der Waals surface area contributed by atoms with Crippen molar-refractivity contribution in [2.24, 2.45) is 0 Å². The van der Waals surface area contributed by atoms with Crippen LogP contribution in [0, 0.1) is 6.92 Å². The van der Waals surface area contributed by atoms with Crippen LogP contribution in [0.4, 0.5) is 0 Å². The Hall–Kier alpha value is -3.41. The Bertz CT molecular complexity index is 1090. The molecule has 0 aliphatic heterocycles. The number of ether oxygens (including phenoxy) is 1. The molecule has 3 rings (SSSR count). The minimum atomic E-state index is -0.573. The van der Waals surface area contributed by atoms with Crippen LogP contribution in [-0.2, 0) is 16.0 Å². The molecule has 1 aromatic heterocycles. The van der Waals surface area contributed by atoms with Crippen LogP contribution in [-0.4, -0.2) is 29.8 Å². The summed E-state index contributed by atoms with van der Waals surface area (Å²) in [6, 6.07) is 13.7. The van der Waals surface area contributed by atoms with Gasteiger partial charge in [0, 0.05) is 12.6 Å². The molecule has 0 saturated carbocycles. The third-order valence-corrected chi connectivity index (χ3v) is 5.07. The van der Waals surface area contributed by atoms with Crippen LogP contribution in [0.15, 0.2) is 42.5 Å². The first kappa shape index (κ1) is 20.3. The lowest BCUT2D eigenvalue weighted by molar-refractivity contribution is -0.121. The summed E-state index contributed by atoms with van der Waals surface area (Å²) in [6.45, 7) is 4.99. The predicted octanol–water partition coefficient (Wildman–Crippen LogP) is 3.89. The molecular formula is C23H24N2O4. The molecule has 2 N–H and O–H groups in total. The number of fused-ring (bicyclic) bond motifs is 1. The van der Waals surface area contributed by atoms with Gasteiger partial charge in [0.1, 0.15) is 0 Å². The number of aromatic nitrogens is 1. The minimum Gasteiger partial charge on any atom is -0.465 e. The van der Waals surface area contributed by atoms with Gasteiger partial charge in [0.15, 0.2) is 5.78 Å². The Balaban J connectivity index is 1.84. The second-order valence-corrected chi connectivity index (χ2v) is 7.06. The maximum Gasteiger partial charge on any atom is 0.339 e. The second-order valence-electron chi connectivity index (χ2n) is 7.06. The van der Waals surface area contributed by atoms with Gasteiger partial charge in [-0.05, 0) is 35.7 Å². The summed E-state index contributed by atoms with van der Waals surface area (Å²) in [5.74, 6) is -1.04.